The van der Waals surface area contributed by atoms with Crippen molar-refractivity contribution in [1.82, 2.24) is 4.98 Å². The van der Waals surface area contributed by atoms with Crippen molar-refractivity contribution >= 4 is 23.1 Å². The lowest BCUT2D eigenvalue weighted by Gasteiger charge is -2.25. The Morgan fingerprint density at radius 1 is 1.00 bits per heavy atom. The maximum Gasteiger partial charge on any atom is 0.573 e. The van der Waals surface area contributed by atoms with Crippen molar-refractivity contribution in [3.63, 3.8) is 0 Å². The van der Waals surface area contributed by atoms with Crippen LogP contribution in [0.5, 0.6) is 11.5 Å². The molecule has 2 aromatic carbocycles. The number of amides is 1. The van der Waals surface area contributed by atoms with Gasteiger partial charge in [0.2, 0.25) is 0 Å². The number of nitrogens with zero attached hydrogens (tertiary/aromatic N) is 2. The highest BCUT2D eigenvalue weighted by Crippen LogP contribution is 2.42. The third-order valence-corrected chi connectivity index (χ3v) is 5.11. The molecule has 1 aliphatic heterocycles. The predicted molar refractivity (Wildman–Crippen MR) is 115 cm³/mol. The molecule has 1 amide bonds. The number of rotatable bonds is 5. The molecule has 0 aliphatic carbocycles. The summed E-state index contributed by atoms with van der Waals surface area (Å²) < 4.78 is 47.2. The van der Waals surface area contributed by atoms with Crippen molar-refractivity contribution in [1.29, 1.82) is 0 Å². The fourth-order valence-corrected chi connectivity index (χ4v) is 3.65. The van der Waals surface area contributed by atoms with E-state index in [0.29, 0.717) is 5.75 Å². The molecule has 3 aromatic rings. The first kappa shape index (κ1) is 22.8. The number of halogens is 3. The van der Waals surface area contributed by atoms with Gasteiger partial charge in [-0.3, -0.25) is 19.5 Å². The molecule has 0 saturated carbocycles. The number of carbonyl (C=O) groups excluding carboxylic acids is 2. The lowest BCUT2D eigenvalue weighted by molar-refractivity contribution is -0.274. The molecule has 10 heteroatoms. The van der Waals surface area contributed by atoms with Crippen LogP contribution in [0, 0.1) is 0 Å². The molecule has 1 N–H and O–H groups in total. The number of anilines is 1. The van der Waals surface area contributed by atoms with Gasteiger partial charge in [-0.15, -0.1) is 13.2 Å². The van der Waals surface area contributed by atoms with Gasteiger partial charge in [-0.1, -0.05) is 12.1 Å². The van der Waals surface area contributed by atoms with E-state index < -0.39 is 35.6 Å². The molecule has 1 saturated heterocycles. The van der Waals surface area contributed by atoms with Gasteiger partial charge < -0.3 is 14.6 Å². The number of hydrogen-bond acceptors (Lipinski definition) is 6. The van der Waals surface area contributed by atoms with E-state index in [1.54, 1.807) is 30.3 Å². The first-order valence-corrected chi connectivity index (χ1v) is 9.92. The van der Waals surface area contributed by atoms with Gasteiger partial charge in [0.05, 0.1) is 18.4 Å². The second kappa shape index (κ2) is 8.89. The Balaban J connectivity index is 1.87. The van der Waals surface area contributed by atoms with E-state index in [4.69, 9.17) is 4.74 Å². The molecule has 7 nitrogen and oxygen atoms in total. The van der Waals surface area contributed by atoms with Crippen LogP contribution >= 0.6 is 0 Å². The van der Waals surface area contributed by atoms with Gasteiger partial charge in [0.15, 0.2) is 0 Å². The first-order chi connectivity index (χ1) is 16.2. The van der Waals surface area contributed by atoms with Crippen LogP contribution in [0.1, 0.15) is 17.3 Å². The molecule has 34 heavy (non-hydrogen) atoms. The summed E-state index contributed by atoms with van der Waals surface area (Å²) in [4.78, 5) is 31.3. The van der Waals surface area contributed by atoms with Crippen LogP contribution in [0.4, 0.5) is 18.9 Å². The van der Waals surface area contributed by atoms with E-state index in [2.05, 4.69) is 9.72 Å². The summed E-state index contributed by atoms with van der Waals surface area (Å²) in [6.07, 6.45) is -3.51. The molecule has 1 unspecified atom stereocenters. The number of aromatic nitrogens is 1. The van der Waals surface area contributed by atoms with Crippen LogP contribution in [0.15, 0.2) is 78.5 Å². The summed E-state index contributed by atoms with van der Waals surface area (Å²) in [5.74, 6) is -2.55. The quantitative estimate of drug-likeness (QED) is 0.333. The zero-order chi connectivity index (χ0) is 24.5. The van der Waals surface area contributed by atoms with Crippen molar-refractivity contribution in [2.45, 2.75) is 12.4 Å². The molecular weight excluding hydrogens is 453 g/mol. The summed E-state index contributed by atoms with van der Waals surface area (Å²) in [6.45, 7) is 0. The molecule has 0 radical (unpaired) electrons. The highest BCUT2D eigenvalue weighted by molar-refractivity contribution is 6.51. The molecule has 1 aliphatic rings. The Morgan fingerprint density at radius 3 is 2.35 bits per heavy atom. The zero-order valence-corrected chi connectivity index (χ0v) is 17.6. The second-order valence-corrected chi connectivity index (χ2v) is 7.20. The van der Waals surface area contributed by atoms with Gasteiger partial charge >= 0.3 is 6.36 Å². The fraction of sp³-hybridized carbons (Fsp3) is 0.125. The molecule has 4 rings (SSSR count). The lowest BCUT2D eigenvalue weighted by Crippen LogP contribution is -2.30. The summed E-state index contributed by atoms with van der Waals surface area (Å²) in [6, 6.07) is 14.4. The Labute approximate surface area is 191 Å². The molecule has 1 fully saturated rings. The minimum atomic E-state index is -4.94. The highest BCUT2D eigenvalue weighted by Gasteiger charge is 2.47. The molecule has 174 valence electrons. The van der Waals surface area contributed by atoms with Crippen LogP contribution in [0.3, 0.4) is 0 Å². The van der Waals surface area contributed by atoms with Gasteiger partial charge in [-0.25, -0.2) is 0 Å². The molecule has 1 aromatic heterocycles. The summed E-state index contributed by atoms with van der Waals surface area (Å²) in [5, 5.41) is 11.0. The van der Waals surface area contributed by atoms with Gasteiger partial charge in [0.25, 0.3) is 11.7 Å². The summed E-state index contributed by atoms with van der Waals surface area (Å²) in [5.41, 5.74) is 0.192. The fourth-order valence-electron chi connectivity index (χ4n) is 3.65. The minimum Gasteiger partial charge on any atom is -0.507 e. The minimum absolute atomic E-state index is 0.0340. The third kappa shape index (κ3) is 4.42. The third-order valence-electron chi connectivity index (χ3n) is 5.11. The molecule has 1 atom stereocenters. The number of ether oxygens (including phenoxy) is 2. The van der Waals surface area contributed by atoms with Crippen LogP contribution < -0.4 is 14.4 Å². The monoisotopic (exact) mass is 470 g/mol. The smallest absolute Gasteiger partial charge is 0.507 e. The van der Waals surface area contributed by atoms with Crippen molar-refractivity contribution in [3.05, 3.63) is 89.8 Å². The number of alkyl halides is 3. The topological polar surface area (TPSA) is 89.0 Å². The number of carbonyl (C=O) groups is 2. The number of hydrogen-bond donors (Lipinski definition) is 1. The van der Waals surface area contributed by atoms with Crippen molar-refractivity contribution < 1.29 is 37.3 Å². The SMILES string of the molecule is COc1ccc(/C(O)=C2\C(=O)C(=O)N(c3cccc(OC(F)(F)F)c3)C2c2ccccn2)cc1. The van der Waals surface area contributed by atoms with E-state index in [9.17, 15) is 27.9 Å². The van der Waals surface area contributed by atoms with Gasteiger partial charge in [0, 0.05) is 23.5 Å². The van der Waals surface area contributed by atoms with E-state index in [1.165, 1.54) is 37.6 Å². The van der Waals surface area contributed by atoms with Gasteiger partial charge in [-0.05, 0) is 48.5 Å². The van der Waals surface area contributed by atoms with Crippen molar-refractivity contribution in [2.75, 3.05) is 12.0 Å². The number of Topliss-reactive ketones (excluding diaryl/α,β-unsaturated/α-hetero) is 1. The maximum absolute atomic E-state index is 13.1. The number of ketones is 1. The highest BCUT2D eigenvalue weighted by atomic mass is 19.4. The molecule has 2 heterocycles. The van der Waals surface area contributed by atoms with Gasteiger partial charge in [0.1, 0.15) is 23.3 Å². The van der Waals surface area contributed by atoms with E-state index in [1.807, 2.05) is 0 Å². The van der Waals surface area contributed by atoms with Crippen molar-refractivity contribution in [3.8, 4) is 11.5 Å². The standard InChI is InChI=1S/C24H17F3N2O5/c1-33-16-10-8-14(9-11-16)21(30)19-20(18-7-2-3-12-28-18)29(23(32)22(19)31)15-5-4-6-17(13-15)34-24(25,26)27/h2-13,20,30H,1H3/b21-19+. The largest absolute Gasteiger partial charge is 0.573 e. The van der Waals surface area contributed by atoms with Crippen molar-refractivity contribution in [2.24, 2.45) is 0 Å². The lowest BCUT2D eigenvalue weighted by atomic mass is 9.98. The Morgan fingerprint density at radius 2 is 1.74 bits per heavy atom. The Kier molecular flexibility index (Phi) is 5.97. The maximum atomic E-state index is 13.1. The van der Waals surface area contributed by atoms with E-state index >= 15 is 0 Å². The van der Waals surface area contributed by atoms with Crippen LogP contribution in [-0.2, 0) is 9.59 Å². The molecule has 0 bridgehead atoms. The molecule has 0 spiro atoms. The Hall–Kier alpha value is -4.34. The van der Waals surface area contributed by atoms with Crippen LogP contribution in [0.25, 0.3) is 5.76 Å². The van der Waals surface area contributed by atoms with Crippen LogP contribution in [-0.4, -0.2) is 35.3 Å². The summed E-state index contributed by atoms with van der Waals surface area (Å²) >= 11 is 0. The number of aliphatic hydroxyl groups excluding tert-OH is 1. The number of benzene rings is 2. The summed E-state index contributed by atoms with van der Waals surface area (Å²) in [7, 11) is 1.47. The zero-order valence-electron chi connectivity index (χ0n) is 17.6. The first-order valence-electron chi connectivity index (χ1n) is 9.92. The normalized spacial score (nSPS) is 17.6. The number of pyridine rings is 1. The van der Waals surface area contributed by atoms with E-state index in [-0.39, 0.29) is 22.5 Å². The average Bonchev–Trinajstić information content (AvgIpc) is 3.09. The van der Waals surface area contributed by atoms with E-state index in [0.717, 1.165) is 17.0 Å². The predicted octanol–water partition coefficient (Wildman–Crippen LogP) is 4.62. The van der Waals surface area contributed by atoms with Crippen LogP contribution in [0.2, 0.25) is 0 Å². The second-order valence-electron chi connectivity index (χ2n) is 7.20. The number of methoxy groups -OCH3 is 1. The number of aliphatic hydroxyl groups is 1. The average molecular weight is 470 g/mol. The van der Waals surface area contributed by atoms with Gasteiger partial charge in [-0.2, -0.15) is 0 Å². The molecular formula is C24H17F3N2O5. The Bertz CT molecular complexity index is 1260.